The molecule has 0 radical (unpaired) electrons. The van der Waals surface area contributed by atoms with Crippen molar-refractivity contribution in [1.82, 2.24) is 20.5 Å². The van der Waals surface area contributed by atoms with Crippen LogP contribution in [0.15, 0.2) is 6.20 Å². The van der Waals surface area contributed by atoms with Crippen molar-refractivity contribution in [3.8, 4) is 0 Å². The average molecular weight is 446 g/mol. The lowest BCUT2D eigenvalue weighted by atomic mass is 9.90. The SMILES string of the molecule is O=CN(O)C[C@H](C(=O)NNc1ncc(C(F)(F)F)c(N2CCOCC2)n1)C1CCCC1. The number of hydrogen-bond acceptors (Lipinski definition) is 8. The Hall–Kier alpha value is -2.67. The van der Waals surface area contributed by atoms with E-state index < -0.39 is 23.6 Å². The number of halogens is 3. The van der Waals surface area contributed by atoms with E-state index >= 15 is 0 Å². The summed E-state index contributed by atoms with van der Waals surface area (Å²) in [5, 5.41) is 9.94. The Kier molecular flexibility index (Phi) is 7.49. The quantitative estimate of drug-likeness (QED) is 0.312. The number of nitrogens with one attached hydrogen (secondary N) is 2. The number of rotatable bonds is 8. The number of anilines is 2. The average Bonchev–Trinajstić information content (AvgIpc) is 3.30. The van der Waals surface area contributed by atoms with Gasteiger partial charge in [0.2, 0.25) is 18.3 Å². The topological polar surface area (TPSA) is 120 Å². The molecule has 3 rings (SSSR count). The van der Waals surface area contributed by atoms with E-state index in [9.17, 15) is 28.0 Å². The fourth-order valence-electron chi connectivity index (χ4n) is 3.91. The first-order valence-electron chi connectivity index (χ1n) is 10.0. The second-order valence-electron chi connectivity index (χ2n) is 7.52. The van der Waals surface area contributed by atoms with Crippen LogP contribution in [-0.4, -0.2) is 65.4 Å². The van der Waals surface area contributed by atoms with Crippen molar-refractivity contribution >= 4 is 24.1 Å². The van der Waals surface area contributed by atoms with Gasteiger partial charge in [0, 0.05) is 19.3 Å². The highest BCUT2D eigenvalue weighted by Gasteiger charge is 2.37. The largest absolute Gasteiger partial charge is 0.421 e. The van der Waals surface area contributed by atoms with Gasteiger partial charge in [-0.25, -0.2) is 10.0 Å². The molecule has 31 heavy (non-hydrogen) atoms. The van der Waals surface area contributed by atoms with E-state index in [0.717, 1.165) is 25.7 Å². The third-order valence-electron chi connectivity index (χ3n) is 5.49. The number of aromatic nitrogens is 2. The number of hydrogen-bond donors (Lipinski definition) is 3. The molecule has 1 saturated carbocycles. The van der Waals surface area contributed by atoms with Crippen molar-refractivity contribution in [1.29, 1.82) is 0 Å². The van der Waals surface area contributed by atoms with Crippen LogP contribution < -0.4 is 15.8 Å². The van der Waals surface area contributed by atoms with Crippen LogP contribution in [0.2, 0.25) is 0 Å². The van der Waals surface area contributed by atoms with Crippen molar-refractivity contribution in [2.24, 2.45) is 11.8 Å². The molecule has 1 aromatic heterocycles. The lowest BCUT2D eigenvalue weighted by Crippen LogP contribution is -2.43. The Labute approximate surface area is 176 Å². The molecule has 2 amide bonds. The van der Waals surface area contributed by atoms with Crippen LogP contribution in [0.5, 0.6) is 0 Å². The number of carbonyl (C=O) groups is 2. The number of morpholine rings is 1. The molecule has 13 heteroatoms. The standard InChI is InChI=1S/C18H25F3N6O4/c19-18(20,21)14-9-22-17(23-15(14)26-5-7-31-8-6-26)25-24-16(29)13(10-27(30)11-28)12-3-1-2-4-12/h9,11-13,30H,1-8,10H2,(H,24,29)(H,22,23,25)/t13-/m0/s1. The van der Waals surface area contributed by atoms with E-state index in [2.05, 4.69) is 20.8 Å². The first-order valence-corrected chi connectivity index (χ1v) is 10.0. The minimum atomic E-state index is -4.64. The van der Waals surface area contributed by atoms with Gasteiger partial charge >= 0.3 is 6.18 Å². The Morgan fingerprint density at radius 3 is 2.65 bits per heavy atom. The van der Waals surface area contributed by atoms with Gasteiger partial charge in [-0.15, -0.1) is 0 Å². The van der Waals surface area contributed by atoms with E-state index in [1.54, 1.807) is 0 Å². The van der Waals surface area contributed by atoms with Crippen molar-refractivity contribution in [2.75, 3.05) is 43.2 Å². The molecule has 0 spiro atoms. The molecule has 1 saturated heterocycles. The van der Waals surface area contributed by atoms with Crippen molar-refractivity contribution < 1.29 is 32.7 Å². The Morgan fingerprint density at radius 1 is 1.35 bits per heavy atom. The molecule has 0 aromatic carbocycles. The van der Waals surface area contributed by atoms with Crippen LogP contribution in [0.3, 0.4) is 0 Å². The lowest BCUT2D eigenvalue weighted by Gasteiger charge is -2.30. The Morgan fingerprint density at radius 2 is 2.03 bits per heavy atom. The van der Waals surface area contributed by atoms with Gasteiger partial charge in [0.25, 0.3) is 0 Å². The molecule has 172 valence electrons. The maximum absolute atomic E-state index is 13.4. The summed E-state index contributed by atoms with van der Waals surface area (Å²) in [6, 6.07) is 0. The highest BCUT2D eigenvalue weighted by Crippen LogP contribution is 2.36. The summed E-state index contributed by atoms with van der Waals surface area (Å²) in [6.07, 6.45) is -0.300. The molecule has 1 aliphatic heterocycles. The van der Waals surface area contributed by atoms with Crippen LogP contribution in [0.1, 0.15) is 31.2 Å². The minimum absolute atomic E-state index is 0.0196. The Balaban J connectivity index is 1.73. The third kappa shape index (κ3) is 5.94. The second kappa shape index (κ2) is 10.1. The van der Waals surface area contributed by atoms with Gasteiger partial charge < -0.3 is 9.64 Å². The van der Waals surface area contributed by atoms with Crippen LogP contribution in [0, 0.1) is 11.8 Å². The normalized spacial score (nSPS) is 18.5. The Bertz CT molecular complexity index is 769. The smallest absolute Gasteiger partial charge is 0.378 e. The predicted octanol–water partition coefficient (Wildman–Crippen LogP) is 1.43. The van der Waals surface area contributed by atoms with Gasteiger partial charge in [-0.2, -0.15) is 18.2 Å². The predicted molar refractivity (Wildman–Crippen MR) is 102 cm³/mol. The van der Waals surface area contributed by atoms with E-state index in [1.807, 2.05) is 0 Å². The molecule has 2 heterocycles. The molecule has 2 fully saturated rings. The minimum Gasteiger partial charge on any atom is -0.378 e. The fraction of sp³-hybridized carbons (Fsp3) is 0.667. The van der Waals surface area contributed by atoms with Crippen LogP contribution >= 0.6 is 0 Å². The number of nitrogens with zero attached hydrogens (tertiary/aromatic N) is 4. The summed E-state index contributed by atoms with van der Waals surface area (Å²) in [5.41, 5.74) is 3.89. The molecular weight excluding hydrogens is 421 g/mol. The molecule has 0 bridgehead atoms. The van der Waals surface area contributed by atoms with Crippen LogP contribution in [0.4, 0.5) is 24.9 Å². The summed E-state index contributed by atoms with van der Waals surface area (Å²) in [5.74, 6) is -1.71. The second-order valence-corrected chi connectivity index (χ2v) is 7.52. The van der Waals surface area contributed by atoms with Crippen LogP contribution in [0.25, 0.3) is 0 Å². The number of carbonyl (C=O) groups excluding carboxylic acids is 2. The third-order valence-corrected chi connectivity index (χ3v) is 5.49. The molecular formula is C18H25F3N6O4. The first-order chi connectivity index (χ1) is 14.8. The van der Waals surface area contributed by atoms with Crippen molar-refractivity contribution in [3.05, 3.63) is 11.8 Å². The molecule has 0 unspecified atom stereocenters. The zero-order valence-corrected chi connectivity index (χ0v) is 16.8. The van der Waals surface area contributed by atoms with Crippen molar-refractivity contribution in [2.45, 2.75) is 31.9 Å². The molecule has 3 N–H and O–H groups in total. The van der Waals surface area contributed by atoms with Crippen LogP contribution in [-0.2, 0) is 20.5 Å². The zero-order valence-electron chi connectivity index (χ0n) is 16.8. The molecule has 10 nitrogen and oxygen atoms in total. The number of hydroxylamine groups is 2. The van der Waals surface area contributed by atoms with E-state index in [0.29, 0.717) is 11.3 Å². The monoisotopic (exact) mass is 446 g/mol. The van der Waals surface area contributed by atoms with Gasteiger partial charge in [0.15, 0.2) is 0 Å². The van der Waals surface area contributed by atoms with Gasteiger partial charge in [-0.05, 0) is 18.8 Å². The molecule has 2 aliphatic rings. The molecule has 1 aliphatic carbocycles. The summed E-state index contributed by atoms with van der Waals surface area (Å²) in [4.78, 5) is 32.5. The number of amides is 2. The fourth-order valence-corrected chi connectivity index (χ4v) is 3.91. The van der Waals surface area contributed by atoms with E-state index in [4.69, 9.17) is 4.74 Å². The maximum Gasteiger partial charge on any atom is 0.421 e. The number of hydrazine groups is 1. The summed E-state index contributed by atoms with van der Waals surface area (Å²) in [7, 11) is 0. The van der Waals surface area contributed by atoms with Gasteiger partial charge in [-0.3, -0.25) is 25.6 Å². The summed E-state index contributed by atoms with van der Waals surface area (Å²) < 4.78 is 45.4. The highest BCUT2D eigenvalue weighted by atomic mass is 19.4. The lowest BCUT2D eigenvalue weighted by molar-refractivity contribution is -0.156. The van der Waals surface area contributed by atoms with Gasteiger partial charge in [0.05, 0.1) is 25.7 Å². The summed E-state index contributed by atoms with van der Waals surface area (Å²) >= 11 is 0. The first kappa shape index (κ1) is 23.0. The molecule has 1 aromatic rings. The number of alkyl halides is 3. The molecule has 1 atom stereocenters. The summed E-state index contributed by atoms with van der Waals surface area (Å²) in [6.45, 7) is 0.854. The van der Waals surface area contributed by atoms with Gasteiger partial charge in [0.1, 0.15) is 11.4 Å². The highest BCUT2D eigenvalue weighted by molar-refractivity contribution is 5.80. The van der Waals surface area contributed by atoms with E-state index in [1.165, 1.54) is 4.90 Å². The maximum atomic E-state index is 13.4. The van der Waals surface area contributed by atoms with E-state index in [-0.39, 0.29) is 56.9 Å². The zero-order chi connectivity index (χ0) is 22.4. The van der Waals surface area contributed by atoms with Gasteiger partial charge in [-0.1, -0.05) is 12.8 Å². The number of ether oxygens (including phenoxy) is 1. The van der Waals surface area contributed by atoms with Crippen molar-refractivity contribution in [3.63, 3.8) is 0 Å².